The van der Waals surface area contributed by atoms with Crippen LogP contribution in [0.15, 0.2) is 24.3 Å². The second-order valence-electron chi connectivity index (χ2n) is 3.59. The Bertz CT molecular complexity index is 521. The van der Waals surface area contributed by atoms with Crippen LogP contribution in [0.5, 0.6) is 0 Å². The van der Waals surface area contributed by atoms with E-state index in [1.165, 1.54) is 0 Å². The van der Waals surface area contributed by atoms with Gasteiger partial charge in [-0.3, -0.25) is 10.1 Å². The molecule has 1 rings (SSSR count). The summed E-state index contributed by atoms with van der Waals surface area (Å²) in [5.74, 6) is -8.03. The molecule has 110 valence electrons. The van der Waals surface area contributed by atoms with Crippen molar-refractivity contribution in [1.29, 1.82) is 0 Å². The van der Waals surface area contributed by atoms with Gasteiger partial charge in [0.1, 0.15) is 5.97 Å². The molecule has 0 heterocycles. The summed E-state index contributed by atoms with van der Waals surface area (Å²) in [6.45, 7) is -1.05. The molecule has 0 aliphatic carbocycles. The summed E-state index contributed by atoms with van der Waals surface area (Å²) >= 11 is 0. The average Bonchev–Trinajstić information content (AvgIpc) is 2.34. The van der Waals surface area contributed by atoms with Gasteiger partial charge < -0.3 is 14.6 Å². The van der Waals surface area contributed by atoms with Gasteiger partial charge in [0.15, 0.2) is 0 Å². The van der Waals surface area contributed by atoms with Crippen molar-refractivity contribution < 1.29 is 88.5 Å². The topological polar surface area (TPSA) is 92.5 Å². The SMILES string of the molecule is O=C([O-])C(F)(OCc1ccc([N+](=O)[O-])cc1)C(F)(F)F.[K+]. The minimum Gasteiger partial charge on any atom is -0.544 e. The van der Waals surface area contributed by atoms with E-state index in [1.54, 1.807) is 0 Å². The Balaban J connectivity index is 0.00000400. The maximum Gasteiger partial charge on any atom is 1.00 e. The van der Waals surface area contributed by atoms with Crippen LogP contribution in [0, 0.1) is 10.1 Å². The van der Waals surface area contributed by atoms with Crippen molar-refractivity contribution in [1.82, 2.24) is 0 Å². The molecule has 1 atom stereocenters. The molecule has 0 radical (unpaired) electrons. The Labute approximate surface area is 157 Å². The average molecular weight is 335 g/mol. The van der Waals surface area contributed by atoms with Gasteiger partial charge in [0.2, 0.25) is 0 Å². The predicted molar refractivity (Wildman–Crippen MR) is 52.8 cm³/mol. The maximum atomic E-state index is 13.2. The van der Waals surface area contributed by atoms with Crippen molar-refractivity contribution >= 4 is 11.7 Å². The van der Waals surface area contributed by atoms with Gasteiger partial charge in [0, 0.05) is 12.1 Å². The molecule has 0 N–H and O–H groups in total. The zero-order chi connectivity index (χ0) is 15.6. The number of nitro benzene ring substituents is 1. The summed E-state index contributed by atoms with van der Waals surface area (Å²) < 4.78 is 53.6. The van der Waals surface area contributed by atoms with Crippen LogP contribution in [0.1, 0.15) is 5.56 Å². The number of halogens is 4. The summed E-state index contributed by atoms with van der Waals surface area (Å²) in [5, 5.41) is 20.5. The Hall–Kier alpha value is -0.594. The third-order valence-electron chi connectivity index (χ3n) is 2.21. The van der Waals surface area contributed by atoms with Crippen molar-refractivity contribution in [2.75, 3.05) is 0 Å². The van der Waals surface area contributed by atoms with Crippen molar-refractivity contribution in [3.8, 4) is 0 Å². The smallest absolute Gasteiger partial charge is 0.544 e. The van der Waals surface area contributed by atoms with Crippen LogP contribution in [0.25, 0.3) is 0 Å². The van der Waals surface area contributed by atoms with Crippen molar-refractivity contribution in [2.45, 2.75) is 18.6 Å². The first kappa shape index (κ1) is 20.4. The number of ether oxygens (including phenoxy) is 1. The standard InChI is InChI=1S/C10H7F4NO5.K/c11-9(8(16)17,10(12,13)14)20-5-6-1-3-7(4-2-6)15(18)19;/h1-4H,5H2,(H,16,17);/q;+1/p-1. The Morgan fingerprint density at radius 1 is 1.19 bits per heavy atom. The Morgan fingerprint density at radius 2 is 1.67 bits per heavy atom. The molecule has 0 aliphatic rings. The molecule has 21 heavy (non-hydrogen) atoms. The first-order valence-electron chi connectivity index (χ1n) is 4.92. The van der Waals surface area contributed by atoms with E-state index in [2.05, 4.69) is 4.74 Å². The first-order valence-corrected chi connectivity index (χ1v) is 4.92. The molecule has 11 heteroatoms. The number of carbonyl (C=O) groups excluding carboxylic acids is 1. The van der Waals surface area contributed by atoms with E-state index < -0.39 is 29.5 Å². The van der Waals surface area contributed by atoms with Gasteiger partial charge in [-0.1, -0.05) is 0 Å². The molecular weight excluding hydrogens is 329 g/mol. The van der Waals surface area contributed by atoms with E-state index in [4.69, 9.17) is 0 Å². The fraction of sp³-hybridized carbons (Fsp3) is 0.300. The van der Waals surface area contributed by atoms with Gasteiger partial charge in [-0.2, -0.15) is 17.6 Å². The number of rotatable bonds is 5. The van der Waals surface area contributed by atoms with Gasteiger partial charge in [-0.25, -0.2) is 0 Å². The summed E-state index contributed by atoms with van der Waals surface area (Å²) in [7, 11) is 0. The Kier molecular flexibility index (Phi) is 7.39. The Morgan fingerprint density at radius 3 is 2.00 bits per heavy atom. The molecular formula is C10H6F4KNO5. The zero-order valence-electron chi connectivity index (χ0n) is 10.5. The predicted octanol–water partition coefficient (Wildman–Crippen LogP) is -1.91. The van der Waals surface area contributed by atoms with Gasteiger partial charge in [-0.15, -0.1) is 0 Å². The number of carbonyl (C=O) groups is 1. The van der Waals surface area contributed by atoms with E-state index in [1.807, 2.05) is 0 Å². The van der Waals surface area contributed by atoms with Crippen LogP contribution in [0.4, 0.5) is 23.2 Å². The summed E-state index contributed by atoms with van der Waals surface area (Å²) in [4.78, 5) is 19.8. The van der Waals surface area contributed by atoms with Crippen LogP contribution < -0.4 is 56.5 Å². The van der Waals surface area contributed by atoms with E-state index in [-0.39, 0.29) is 62.6 Å². The van der Waals surface area contributed by atoms with E-state index in [9.17, 15) is 37.6 Å². The molecule has 0 bridgehead atoms. The molecule has 1 aromatic carbocycles. The summed E-state index contributed by atoms with van der Waals surface area (Å²) in [6, 6.07) is 3.91. The number of non-ortho nitro benzene ring substituents is 1. The number of nitro groups is 1. The van der Waals surface area contributed by atoms with Crippen LogP contribution in [-0.2, 0) is 16.1 Å². The molecule has 0 spiro atoms. The van der Waals surface area contributed by atoms with Crippen molar-refractivity contribution in [2.24, 2.45) is 0 Å². The zero-order valence-corrected chi connectivity index (χ0v) is 13.6. The first-order chi connectivity index (χ1) is 9.08. The van der Waals surface area contributed by atoms with Gasteiger partial charge in [0.25, 0.3) is 5.69 Å². The molecule has 0 aromatic heterocycles. The third kappa shape index (κ3) is 4.97. The van der Waals surface area contributed by atoms with Crippen molar-refractivity contribution in [3.05, 3.63) is 39.9 Å². The molecule has 6 nitrogen and oxygen atoms in total. The maximum absolute atomic E-state index is 13.2. The molecule has 1 unspecified atom stereocenters. The van der Waals surface area contributed by atoms with E-state index >= 15 is 0 Å². The molecule has 0 amide bonds. The largest absolute Gasteiger partial charge is 1.00 e. The second kappa shape index (κ2) is 7.60. The van der Waals surface area contributed by atoms with E-state index in [0.29, 0.717) is 0 Å². The number of hydrogen-bond acceptors (Lipinski definition) is 5. The normalized spacial score (nSPS) is 13.9. The van der Waals surface area contributed by atoms with Crippen molar-refractivity contribution in [3.63, 3.8) is 0 Å². The fourth-order valence-electron chi connectivity index (χ4n) is 1.15. The molecule has 0 saturated carbocycles. The number of benzene rings is 1. The molecule has 0 aliphatic heterocycles. The minimum atomic E-state index is -5.81. The quantitative estimate of drug-likeness (QED) is 0.271. The van der Waals surface area contributed by atoms with Gasteiger partial charge in [0.05, 0.1) is 11.5 Å². The monoisotopic (exact) mass is 335 g/mol. The molecule has 0 fully saturated rings. The number of carboxylic acid groups (broad SMARTS) is 1. The number of aliphatic carboxylic acids is 1. The third-order valence-corrected chi connectivity index (χ3v) is 2.21. The summed E-state index contributed by atoms with van der Waals surface area (Å²) in [6.07, 6.45) is -5.81. The van der Waals surface area contributed by atoms with E-state index in [0.717, 1.165) is 24.3 Å². The fourth-order valence-corrected chi connectivity index (χ4v) is 1.15. The van der Waals surface area contributed by atoms with Gasteiger partial charge >= 0.3 is 63.4 Å². The minimum absolute atomic E-state index is 0. The molecule has 1 aromatic rings. The van der Waals surface area contributed by atoms with Crippen LogP contribution in [0.3, 0.4) is 0 Å². The number of nitrogens with zero attached hydrogens (tertiary/aromatic N) is 1. The number of carboxylic acids is 1. The number of alkyl halides is 4. The van der Waals surface area contributed by atoms with Gasteiger partial charge in [-0.05, 0) is 17.7 Å². The van der Waals surface area contributed by atoms with Crippen LogP contribution >= 0.6 is 0 Å². The summed E-state index contributed by atoms with van der Waals surface area (Å²) in [5.41, 5.74) is -0.417. The van der Waals surface area contributed by atoms with Crippen LogP contribution in [-0.4, -0.2) is 22.9 Å². The number of hydrogen-bond donors (Lipinski definition) is 0. The second-order valence-corrected chi connectivity index (χ2v) is 3.59. The van der Waals surface area contributed by atoms with Crippen LogP contribution in [0.2, 0.25) is 0 Å². The molecule has 0 saturated heterocycles.